The second kappa shape index (κ2) is 14.8. The lowest BCUT2D eigenvalue weighted by molar-refractivity contribution is 0.766. The van der Waals surface area contributed by atoms with E-state index in [0.717, 1.165) is 25.9 Å². The molecular weight excluding hydrogens is 508 g/mol. The van der Waals surface area contributed by atoms with Crippen molar-refractivity contribution >= 4 is 16.9 Å². The first-order valence-corrected chi connectivity index (χ1v) is 14.8. The van der Waals surface area contributed by atoms with Crippen LogP contribution in [0.25, 0.3) is 16.7 Å². The van der Waals surface area contributed by atoms with Gasteiger partial charge in [0.25, 0.3) is 0 Å². The van der Waals surface area contributed by atoms with Crippen LogP contribution in [0.1, 0.15) is 29.2 Å². The molecule has 0 atom stereocenters. The van der Waals surface area contributed by atoms with Gasteiger partial charge in [-0.05, 0) is 76.9 Å². The van der Waals surface area contributed by atoms with Gasteiger partial charge >= 0.3 is 0 Å². The Labute approximate surface area is 251 Å². The Kier molecular flexibility index (Phi) is 10.2. The first kappa shape index (κ1) is 28.9. The Hall–Kier alpha value is -4.66. The van der Waals surface area contributed by atoms with Crippen molar-refractivity contribution in [2.45, 2.75) is 26.3 Å². The number of benzene rings is 5. The van der Waals surface area contributed by atoms with Gasteiger partial charge in [0.1, 0.15) is 0 Å². The first-order chi connectivity index (χ1) is 20.7. The SMILES string of the molecule is C/C=C\Cc1ccccc1N(C)c1ccc(-c2ccc(/C(=C/Cc3ccccc3)CNCc3ccccc3)cc2)cc1. The van der Waals surface area contributed by atoms with Crippen LogP contribution >= 0.6 is 0 Å². The van der Waals surface area contributed by atoms with Gasteiger partial charge in [-0.2, -0.15) is 0 Å². The molecule has 210 valence electrons. The number of anilines is 2. The van der Waals surface area contributed by atoms with E-state index in [1.807, 2.05) is 0 Å². The minimum Gasteiger partial charge on any atom is -0.344 e. The number of hydrogen-bond donors (Lipinski definition) is 1. The molecular formula is C40H40N2. The molecule has 0 radical (unpaired) electrons. The molecule has 0 spiro atoms. The van der Waals surface area contributed by atoms with Crippen molar-refractivity contribution in [3.8, 4) is 11.1 Å². The molecule has 0 saturated heterocycles. The average molecular weight is 549 g/mol. The highest BCUT2D eigenvalue weighted by Crippen LogP contribution is 2.30. The van der Waals surface area contributed by atoms with Crippen molar-refractivity contribution in [2.24, 2.45) is 0 Å². The Balaban J connectivity index is 1.31. The minimum absolute atomic E-state index is 0.817. The molecule has 2 heteroatoms. The van der Waals surface area contributed by atoms with Crippen LogP contribution in [0.15, 0.2) is 152 Å². The van der Waals surface area contributed by atoms with Gasteiger partial charge in [0, 0.05) is 31.5 Å². The van der Waals surface area contributed by atoms with E-state index in [4.69, 9.17) is 0 Å². The lowest BCUT2D eigenvalue weighted by atomic mass is 9.98. The Bertz CT molecular complexity index is 1580. The molecule has 5 aromatic carbocycles. The Morgan fingerprint density at radius 2 is 1.24 bits per heavy atom. The van der Waals surface area contributed by atoms with Gasteiger partial charge in [-0.25, -0.2) is 0 Å². The Morgan fingerprint density at radius 1 is 0.643 bits per heavy atom. The standard InChI is InChI=1S/C40H40N2/c1-3-4-17-37-18-11-12-19-40(37)42(2)39-28-26-35(27-29-39)34-22-24-36(25-23-34)38(21-20-32-13-7-5-8-14-32)31-41-30-33-15-9-6-10-16-33/h3-16,18-19,21-29,41H,17,20,30-31H2,1-2H3/b4-3-,38-21+. The number of para-hydroxylation sites is 1. The van der Waals surface area contributed by atoms with E-state index in [1.165, 1.54) is 50.3 Å². The summed E-state index contributed by atoms with van der Waals surface area (Å²) in [5.41, 5.74) is 11.4. The quantitative estimate of drug-likeness (QED) is 0.156. The smallest absolute Gasteiger partial charge is 0.0443 e. The largest absolute Gasteiger partial charge is 0.344 e. The van der Waals surface area contributed by atoms with Crippen molar-refractivity contribution < 1.29 is 0 Å². The summed E-state index contributed by atoms with van der Waals surface area (Å²) < 4.78 is 0. The normalized spacial score (nSPS) is 11.6. The van der Waals surface area contributed by atoms with Gasteiger partial charge in [0.05, 0.1) is 0 Å². The molecule has 1 N–H and O–H groups in total. The maximum absolute atomic E-state index is 3.65. The number of nitrogens with zero attached hydrogens (tertiary/aromatic N) is 1. The van der Waals surface area contributed by atoms with E-state index in [9.17, 15) is 0 Å². The fraction of sp³-hybridized carbons (Fsp3) is 0.150. The van der Waals surface area contributed by atoms with Gasteiger partial charge < -0.3 is 10.2 Å². The molecule has 5 rings (SSSR count). The number of allylic oxidation sites excluding steroid dienone is 3. The third-order valence-corrected chi connectivity index (χ3v) is 7.68. The summed E-state index contributed by atoms with van der Waals surface area (Å²) in [4.78, 5) is 2.28. The van der Waals surface area contributed by atoms with E-state index < -0.39 is 0 Å². The molecule has 42 heavy (non-hydrogen) atoms. The van der Waals surface area contributed by atoms with Gasteiger partial charge in [-0.1, -0.05) is 133 Å². The van der Waals surface area contributed by atoms with Crippen LogP contribution in [0, 0.1) is 0 Å². The van der Waals surface area contributed by atoms with Crippen LogP contribution in [-0.4, -0.2) is 13.6 Å². The van der Waals surface area contributed by atoms with Crippen LogP contribution in [-0.2, 0) is 19.4 Å². The van der Waals surface area contributed by atoms with Gasteiger partial charge in [0.2, 0.25) is 0 Å². The molecule has 0 aromatic heterocycles. The molecule has 5 aromatic rings. The van der Waals surface area contributed by atoms with Crippen molar-refractivity contribution in [1.29, 1.82) is 0 Å². The summed E-state index contributed by atoms with van der Waals surface area (Å²) in [5, 5.41) is 3.65. The fourth-order valence-electron chi connectivity index (χ4n) is 5.23. The molecule has 0 aliphatic rings. The second-order valence-electron chi connectivity index (χ2n) is 10.6. The summed E-state index contributed by atoms with van der Waals surface area (Å²) in [6.07, 6.45) is 8.53. The second-order valence-corrected chi connectivity index (χ2v) is 10.6. The van der Waals surface area contributed by atoms with Crippen LogP contribution in [0.4, 0.5) is 11.4 Å². The molecule has 0 fully saturated rings. The van der Waals surface area contributed by atoms with E-state index >= 15 is 0 Å². The van der Waals surface area contributed by atoms with E-state index in [-0.39, 0.29) is 0 Å². The van der Waals surface area contributed by atoms with Crippen molar-refractivity contribution in [3.05, 3.63) is 174 Å². The monoisotopic (exact) mass is 548 g/mol. The fourth-order valence-corrected chi connectivity index (χ4v) is 5.23. The maximum atomic E-state index is 3.65. The highest BCUT2D eigenvalue weighted by atomic mass is 15.1. The van der Waals surface area contributed by atoms with Crippen LogP contribution < -0.4 is 10.2 Å². The van der Waals surface area contributed by atoms with Crippen molar-refractivity contribution in [1.82, 2.24) is 5.32 Å². The Morgan fingerprint density at radius 3 is 1.90 bits per heavy atom. The zero-order chi connectivity index (χ0) is 29.0. The lowest BCUT2D eigenvalue weighted by Gasteiger charge is -2.22. The summed E-state index contributed by atoms with van der Waals surface area (Å²) in [6, 6.07) is 47.8. The third kappa shape index (κ3) is 7.75. The lowest BCUT2D eigenvalue weighted by Crippen LogP contribution is -2.16. The molecule has 0 bridgehead atoms. The summed E-state index contributed by atoms with van der Waals surface area (Å²) in [5.74, 6) is 0. The molecule has 2 nitrogen and oxygen atoms in total. The van der Waals surface area contributed by atoms with Crippen LogP contribution in [0.5, 0.6) is 0 Å². The summed E-state index contributed by atoms with van der Waals surface area (Å²) in [6.45, 7) is 3.74. The first-order valence-electron chi connectivity index (χ1n) is 14.8. The van der Waals surface area contributed by atoms with Gasteiger partial charge in [-0.3, -0.25) is 0 Å². The van der Waals surface area contributed by atoms with Crippen LogP contribution in [0.3, 0.4) is 0 Å². The van der Waals surface area contributed by atoms with Crippen molar-refractivity contribution in [3.63, 3.8) is 0 Å². The van der Waals surface area contributed by atoms with E-state index in [0.29, 0.717) is 0 Å². The highest BCUT2D eigenvalue weighted by molar-refractivity contribution is 5.74. The predicted octanol–water partition coefficient (Wildman–Crippen LogP) is 9.66. The summed E-state index contributed by atoms with van der Waals surface area (Å²) in [7, 11) is 2.15. The predicted molar refractivity (Wildman–Crippen MR) is 181 cm³/mol. The number of hydrogen-bond acceptors (Lipinski definition) is 2. The maximum Gasteiger partial charge on any atom is 0.0443 e. The number of nitrogens with one attached hydrogen (secondary N) is 1. The van der Waals surface area contributed by atoms with E-state index in [1.54, 1.807) is 0 Å². The van der Waals surface area contributed by atoms with Crippen LogP contribution in [0.2, 0.25) is 0 Å². The third-order valence-electron chi connectivity index (χ3n) is 7.68. The summed E-state index contributed by atoms with van der Waals surface area (Å²) >= 11 is 0. The minimum atomic E-state index is 0.817. The molecule has 0 amide bonds. The zero-order valence-corrected chi connectivity index (χ0v) is 24.7. The average Bonchev–Trinajstić information content (AvgIpc) is 3.06. The highest BCUT2D eigenvalue weighted by Gasteiger charge is 2.09. The molecule has 0 saturated carbocycles. The van der Waals surface area contributed by atoms with Gasteiger partial charge in [-0.15, -0.1) is 0 Å². The molecule has 0 aliphatic carbocycles. The van der Waals surface area contributed by atoms with Gasteiger partial charge in [0.15, 0.2) is 0 Å². The molecule has 0 unspecified atom stereocenters. The zero-order valence-electron chi connectivity index (χ0n) is 24.7. The van der Waals surface area contributed by atoms with Crippen molar-refractivity contribution in [2.75, 3.05) is 18.5 Å². The number of rotatable bonds is 12. The van der Waals surface area contributed by atoms with E-state index in [2.05, 4.69) is 176 Å². The molecule has 0 heterocycles. The topological polar surface area (TPSA) is 15.3 Å². The molecule has 0 aliphatic heterocycles.